The van der Waals surface area contributed by atoms with Gasteiger partial charge >= 0.3 is 5.97 Å². The third kappa shape index (κ3) is 2.49. The van der Waals surface area contributed by atoms with Gasteiger partial charge in [0.25, 0.3) is 5.69 Å². The molecule has 0 aliphatic carbocycles. The molecular weight excluding hydrogens is 200 g/mol. The summed E-state index contributed by atoms with van der Waals surface area (Å²) in [6.07, 6.45) is 1.12. The standard InChI is InChI=1S/C9H10N2O4/c1-6(9(12)15-2)8-4-3-7(5-10-8)11(13)14/h3-6H,1-2H3/t6-/m0/s1. The average molecular weight is 210 g/mol. The molecule has 0 aromatic carbocycles. The Bertz CT molecular complexity index is 374. The molecule has 0 radical (unpaired) electrons. The molecule has 0 unspecified atom stereocenters. The monoisotopic (exact) mass is 210 g/mol. The second-order valence-electron chi connectivity index (χ2n) is 2.94. The third-order valence-corrected chi connectivity index (χ3v) is 1.98. The van der Waals surface area contributed by atoms with E-state index in [0.717, 1.165) is 6.20 Å². The predicted octanol–water partition coefficient (Wildman–Crippen LogP) is 1.27. The van der Waals surface area contributed by atoms with E-state index in [0.29, 0.717) is 5.69 Å². The third-order valence-electron chi connectivity index (χ3n) is 1.98. The number of nitro groups is 1. The van der Waals surface area contributed by atoms with E-state index in [-0.39, 0.29) is 5.69 Å². The molecule has 1 aromatic heterocycles. The number of nitrogens with zero attached hydrogens (tertiary/aromatic N) is 2. The Morgan fingerprint density at radius 2 is 2.27 bits per heavy atom. The number of methoxy groups -OCH3 is 1. The van der Waals surface area contributed by atoms with Gasteiger partial charge in [0, 0.05) is 6.07 Å². The van der Waals surface area contributed by atoms with Crippen LogP contribution in [0.1, 0.15) is 18.5 Å². The molecule has 0 N–H and O–H groups in total. The number of rotatable bonds is 3. The normalized spacial score (nSPS) is 11.9. The van der Waals surface area contributed by atoms with Gasteiger partial charge in [-0.3, -0.25) is 19.9 Å². The quantitative estimate of drug-likeness (QED) is 0.426. The number of carbonyl (C=O) groups is 1. The van der Waals surface area contributed by atoms with E-state index >= 15 is 0 Å². The summed E-state index contributed by atoms with van der Waals surface area (Å²) >= 11 is 0. The van der Waals surface area contributed by atoms with Crippen molar-refractivity contribution in [2.75, 3.05) is 7.11 Å². The molecule has 0 amide bonds. The summed E-state index contributed by atoms with van der Waals surface area (Å²) in [6, 6.07) is 2.75. The molecule has 0 fully saturated rings. The van der Waals surface area contributed by atoms with Crippen molar-refractivity contribution in [1.29, 1.82) is 0 Å². The lowest BCUT2D eigenvalue weighted by Gasteiger charge is -2.07. The van der Waals surface area contributed by atoms with Gasteiger partial charge in [-0.05, 0) is 13.0 Å². The molecule has 1 atom stereocenters. The highest BCUT2D eigenvalue weighted by Crippen LogP contribution is 2.16. The van der Waals surface area contributed by atoms with Crippen LogP contribution in [0.25, 0.3) is 0 Å². The maximum atomic E-state index is 11.1. The summed E-state index contributed by atoms with van der Waals surface area (Å²) in [5.74, 6) is -0.938. The number of hydrogen-bond acceptors (Lipinski definition) is 5. The van der Waals surface area contributed by atoms with Crippen LogP contribution in [0.3, 0.4) is 0 Å². The maximum absolute atomic E-state index is 11.1. The first-order valence-corrected chi connectivity index (χ1v) is 4.24. The van der Waals surface area contributed by atoms with E-state index in [1.54, 1.807) is 6.92 Å². The van der Waals surface area contributed by atoms with Crippen molar-refractivity contribution in [2.24, 2.45) is 0 Å². The molecule has 0 aliphatic rings. The Morgan fingerprint density at radius 3 is 2.67 bits per heavy atom. The van der Waals surface area contributed by atoms with Crippen molar-refractivity contribution >= 4 is 11.7 Å². The predicted molar refractivity (Wildman–Crippen MR) is 51.3 cm³/mol. The molecule has 0 bridgehead atoms. The zero-order valence-corrected chi connectivity index (χ0v) is 8.34. The van der Waals surface area contributed by atoms with Gasteiger partial charge in [0.15, 0.2) is 0 Å². The van der Waals surface area contributed by atoms with Crippen LogP contribution in [-0.4, -0.2) is 23.0 Å². The second kappa shape index (κ2) is 4.50. The van der Waals surface area contributed by atoms with Crippen molar-refractivity contribution < 1.29 is 14.5 Å². The second-order valence-corrected chi connectivity index (χ2v) is 2.94. The SMILES string of the molecule is COC(=O)[C@@H](C)c1ccc([N+](=O)[O-])cn1. The molecule has 6 nitrogen and oxygen atoms in total. The minimum absolute atomic E-state index is 0.101. The highest BCUT2D eigenvalue weighted by molar-refractivity contribution is 5.76. The van der Waals surface area contributed by atoms with E-state index in [2.05, 4.69) is 9.72 Å². The summed E-state index contributed by atoms with van der Waals surface area (Å²) < 4.78 is 4.53. The van der Waals surface area contributed by atoms with Crippen LogP contribution in [0.15, 0.2) is 18.3 Å². The van der Waals surface area contributed by atoms with Crippen LogP contribution in [0, 0.1) is 10.1 Å². The molecule has 0 spiro atoms. The van der Waals surface area contributed by atoms with Gasteiger partial charge in [0.1, 0.15) is 6.20 Å². The summed E-state index contributed by atoms with van der Waals surface area (Å²) in [6.45, 7) is 1.62. The zero-order chi connectivity index (χ0) is 11.4. The average Bonchev–Trinajstić information content (AvgIpc) is 2.27. The van der Waals surface area contributed by atoms with Gasteiger partial charge < -0.3 is 4.74 Å². The minimum atomic E-state index is -0.542. The fourth-order valence-corrected chi connectivity index (χ4v) is 1.06. The lowest BCUT2D eigenvalue weighted by Crippen LogP contribution is -2.12. The Labute approximate surface area is 86.0 Å². The topological polar surface area (TPSA) is 82.3 Å². The Balaban J connectivity index is 2.89. The number of ether oxygens (including phenoxy) is 1. The first kappa shape index (κ1) is 11.1. The van der Waals surface area contributed by atoms with Crippen LogP contribution in [0.4, 0.5) is 5.69 Å². The number of hydrogen-bond donors (Lipinski definition) is 0. The van der Waals surface area contributed by atoms with Gasteiger partial charge in [-0.15, -0.1) is 0 Å². The van der Waals surface area contributed by atoms with Crippen LogP contribution in [-0.2, 0) is 9.53 Å². The Hall–Kier alpha value is -1.98. The number of aromatic nitrogens is 1. The van der Waals surface area contributed by atoms with Crippen molar-refractivity contribution in [3.8, 4) is 0 Å². The number of esters is 1. The first-order valence-electron chi connectivity index (χ1n) is 4.24. The van der Waals surface area contributed by atoms with E-state index in [4.69, 9.17) is 0 Å². The molecule has 80 valence electrons. The summed E-state index contributed by atoms with van der Waals surface area (Å²) in [7, 11) is 1.28. The van der Waals surface area contributed by atoms with Crippen LogP contribution in [0.5, 0.6) is 0 Å². The Morgan fingerprint density at radius 1 is 1.60 bits per heavy atom. The van der Waals surface area contributed by atoms with Crippen molar-refractivity contribution in [3.63, 3.8) is 0 Å². The molecule has 6 heteroatoms. The van der Waals surface area contributed by atoms with Gasteiger partial charge in [-0.25, -0.2) is 0 Å². The molecule has 15 heavy (non-hydrogen) atoms. The highest BCUT2D eigenvalue weighted by Gasteiger charge is 2.17. The first-order chi connectivity index (χ1) is 7.06. The van der Waals surface area contributed by atoms with E-state index in [1.165, 1.54) is 19.2 Å². The molecule has 0 saturated carbocycles. The van der Waals surface area contributed by atoms with E-state index in [1.807, 2.05) is 0 Å². The van der Waals surface area contributed by atoms with Crippen molar-refractivity contribution in [2.45, 2.75) is 12.8 Å². The molecule has 0 saturated heterocycles. The van der Waals surface area contributed by atoms with Crippen molar-refractivity contribution in [3.05, 3.63) is 34.1 Å². The van der Waals surface area contributed by atoms with Gasteiger partial charge in [-0.2, -0.15) is 0 Å². The largest absolute Gasteiger partial charge is 0.469 e. The van der Waals surface area contributed by atoms with E-state index < -0.39 is 16.8 Å². The summed E-state index contributed by atoms with van der Waals surface area (Å²) in [4.78, 5) is 24.8. The fourth-order valence-electron chi connectivity index (χ4n) is 1.06. The zero-order valence-electron chi connectivity index (χ0n) is 8.34. The smallest absolute Gasteiger partial charge is 0.314 e. The number of carbonyl (C=O) groups excluding carboxylic acids is 1. The molecule has 1 rings (SSSR count). The minimum Gasteiger partial charge on any atom is -0.469 e. The van der Waals surface area contributed by atoms with E-state index in [9.17, 15) is 14.9 Å². The summed E-state index contributed by atoms with van der Waals surface area (Å²) in [5.41, 5.74) is 0.350. The van der Waals surface area contributed by atoms with Crippen LogP contribution >= 0.6 is 0 Å². The molecule has 0 aliphatic heterocycles. The highest BCUT2D eigenvalue weighted by atomic mass is 16.6. The van der Waals surface area contributed by atoms with Crippen LogP contribution < -0.4 is 0 Å². The molecular formula is C9H10N2O4. The van der Waals surface area contributed by atoms with Crippen LogP contribution in [0.2, 0.25) is 0 Å². The lowest BCUT2D eigenvalue weighted by molar-refractivity contribution is -0.385. The summed E-state index contributed by atoms with van der Waals surface area (Å²) in [5, 5.41) is 10.3. The fraction of sp³-hybridized carbons (Fsp3) is 0.333. The number of pyridine rings is 1. The van der Waals surface area contributed by atoms with Gasteiger partial charge in [-0.1, -0.05) is 0 Å². The van der Waals surface area contributed by atoms with Gasteiger partial charge in [0.05, 0.1) is 23.6 Å². The maximum Gasteiger partial charge on any atom is 0.314 e. The lowest BCUT2D eigenvalue weighted by atomic mass is 10.1. The Kier molecular flexibility index (Phi) is 3.33. The van der Waals surface area contributed by atoms with Gasteiger partial charge in [0.2, 0.25) is 0 Å². The molecule has 1 heterocycles. The van der Waals surface area contributed by atoms with Crippen molar-refractivity contribution in [1.82, 2.24) is 4.98 Å². The molecule has 1 aromatic rings.